The van der Waals surface area contributed by atoms with E-state index < -0.39 is 11.5 Å². The van der Waals surface area contributed by atoms with E-state index in [0.717, 1.165) is 23.1 Å². The number of aliphatic carboxylic acids is 1. The molecule has 19 heavy (non-hydrogen) atoms. The molecule has 2 rings (SSSR count). The highest BCUT2D eigenvalue weighted by molar-refractivity contribution is 5.82. The molecule has 0 fully saturated rings. The van der Waals surface area contributed by atoms with Crippen LogP contribution in [0, 0.1) is 0 Å². The Balaban J connectivity index is 2.29. The molecule has 1 aromatic heterocycles. The molecule has 0 spiro atoms. The number of nitrogens with one attached hydrogen (secondary N) is 1. The Morgan fingerprint density at radius 1 is 1.42 bits per heavy atom. The average molecular weight is 261 g/mol. The van der Waals surface area contributed by atoms with Crippen LogP contribution in [-0.2, 0) is 17.9 Å². The molecule has 0 aliphatic carbocycles. The third kappa shape index (κ3) is 2.61. The molecule has 1 aromatic carbocycles. The summed E-state index contributed by atoms with van der Waals surface area (Å²) in [7, 11) is 0. The molecule has 0 radical (unpaired) electrons. The number of carbonyl (C=O) groups is 1. The van der Waals surface area contributed by atoms with Crippen molar-refractivity contribution in [3.8, 4) is 0 Å². The zero-order valence-corrected chi connectivity index (χ0v) is 11.5. The zero-order valence-electron chi connectivity index (χ0n) is 11.5. The van der Waals surface area contributed by atoms with Crippen LogP contribution in [0.15, 0.2) is 24.3 Å². The summed E-state index contributed by atoms with van der Waals surface area (Å²) in [6, 6.07) is 7.99. The number of aromatic nitrogens is 2. The summed E-state index contributed by atoms with van der Waals surface area (Å²) in [6.07, 6.45) is 0. The van der Waals surface area contributed by atoms with Crippen LogP contribution in [0.5, 0.6) is 0 Å². The van der Waals surface area contributed by atoms with Gasteiger partial charge in [0.2, 0.25) is 0 Å². The van der Waals surface area contributed by atoms with Crippen LogP contribution < -0.4 is 5.32 Å². The highest BCUT2D eigenvalue weighted by atomic mass is 16.4. The van der Waals surface area contributed by atoms with Gasteiger partial charge in [0.15, 0.2) is 0 Å². The Morgan fingerprint density at radius 2 is 2.11 bits per heavy atom. The molecule has 0 saturated heterocycles. The van der Waals surface area contributed by atoms with Crippen LogP contribution in [-0.4, -0.2) is 26.4 Å². The number of hydrogen-bond acceptors (Lipinski definition) is 3. The number of nitrogens with zero attached hydrogens (tertiary/aromatic N) is 2. The van der Waals surface area contributed by atoms with Gasteiger partial charge in [0.25, 0.3) is 0 Å². The lowest BCUT2D eigenvalue weighted by atomic mass is 10.1. The third-order valence-corrected chi connectivity index (χ3v) is 3.27. The first kappa shape index (κ1) is 13.5. The average Bonchev–Trinajstić information content (AvgIpc) is 2.74. The fourth-order valence-electron chi connectivity index (χ4n) is 1.95. The molecule has 5 nitrogen and oxygen atoms in total. The molecule has 0 aliphatic heterocycles. The topological polar surface area (TPSA) is 67.2 Å². The molecule has 102 valence electrons. The first-order chi connectivity index (χ1) is 8.95. The lowest BCUT2D eigenvalue weighted by Crippen LogP contribution is -2.46. The van der Waals surface area contributed by atoms with Crippen LogP contribution in [0.3, 0.4) is 0 Å². The Kier molecular flexibility index (Phi) is 3.57. The second-order valence-corrected chi connectivity index (χ2v) is 5.06. The van der Waals surface area contributed by atoms with E-state index in [0.29, 0.717) is 6.54 Å². The molecule has 0 saturated carbocycles. The fraction of sp³-hybridized carbons (Fsp3) is 0.429. The van der Waals surface area contributed by atoms with Crippen molar-refractivity contribution < 1.29 is 9.90 Å². The van der Waals surface area contributed by atoms with Crippen LogP contribution in [0.1, 0.15) is 26.5 Å². The number of para-hydroxylation sites is 1. The lowest BCUT2D eigenvalue weighted by molar-refractivity contribution is -0.143. The third-order valence-electron chi connectivity index (χ3n) is 3.27. The highest BCUT2D eigenvalue weighted by Gasteiger charge is 2.26. The quantitative estimate of drug-likeness (QED) is 0.864. The van der Waals surface area contributed by atoms with Crippen LogP contribution in [0.2, 0.25) is 0 Å². The highest BCUT2D eigenvalue weighted by Crippen LogP contribution is 2.19. The van der Waals surface area contributed by atoms with E-state index >= 15 is 0 Å². The van der Waals surface area contributed by atoms with E-state index in [1.807, 2.05) is 35.9 Å². The first-order valence-electron chi connectivity index (χ1n) is 6.38. The van der Waals surface area contributed by atoms with E-state index in [1.165, 1.54) is 0 Å². The van der Waals surface area contributed by atoms with Crippen molar-refractivity contribution in [1.29, 1.82) is 0 Å². The molecule has 0 amide bonds. The zero-order chi connectivity index (χ0) is 14.0. The van der Waals surface area contributed by atoms with Gasteiger partial charge in [-0.3, -0.25) is 14.8 Å². The van der Waals surface area contributed by atoms with Crippen LogP contribution in [0.25, 0.3) is 10.9 Å². The van der Waals surface area contributed by atoms with E-state index in [-0.39, 0.29) is 0 Å². The normalized spacial score (nSPS) is 11.9. The minimum absolute atomic E-state index is 0.437. The van der Waals surface area contributed by atoms with Crippen molar-refractivity contribution >= 4 is 16.9 Å². The van der Waals surface area contributed by atoms with Crippen molar-refractivity contribution in [2.75, 3.05) is 0 Å². The second kappa shape index (κ2) is 5.01. The SMILES string of the molecule is CCn1nc(CNC(C)(C)C(=O)O)c2ccccc21. The van der Waals surface area contributed by atoms with Gasteiger partial charge >= 0.3 is 5.97 Å². The number of carboxylic acid groups (broad SMARTS) is 1. The molecule has 2 N–H and O–H groups in total. The van der Waals surface area contributed by atoms with Gasteiger partial charge < -0.3 is 5.11 Å². The summed E-state index contributed by atoms with van der Waals surface area (Å²) in [5, 5.41) is 17.7. The van der Waals surface area contributed by atoms with Gasteiger partial charge in [-0.2, -0.15) is 5.10 Å². The number of aryl methyl sites for hydroxylation is 1. The van der Waals surface area contributed by atoms with Gasteiger partial charge in [-0.15, -0.1) is 0 Å². The predicted octanol–water partition coefficient (Wildman–Crippen LogP) is 2.01. The Hall–Kier alpha value is -1.88. The lowest BCUT2D eigenvalue weighted by Gasteiger charge is -2.20. The smallest absolute Gasteiger partial charge is 0.323 e. The van der Waals surface area contributed by atoms with Crippen molar-refractivity contribution in [2.45, 2.75) is 39.4 Å². The van der Waals surface area contributed by atoms with E-state index in [4.69, 9.17) is 5.11 Å². The maximum absolute atomic E-state index is 11.1. The Bertz CT molecular complexity index is 602. The van der Waals surface area contributed by atoms with Crippen molar-refractivity contribution in [1.82, 2.24) is 15.1 Å². The minimum atomic E-state index is -0.961. The summed E-state index contributed by atoms with van der Waals surface area (Å²) in [5.74, 6) is -0.869. The van der Waals surface area contributed by atoms with Crippen molar-refractivity contribution in [3.63, 3.8) is 0 Å². The number of hydrogen-bond donors (Lipinski definition) is 2. The van der Waals surface area contributed by atoms with Gasteiger partial charge in [0.1, 0.15) is 5.54 Å². The molecule has 0 unspecified atom stereocenters. The number of carboxylic acids is 1. The Labute approximate surface area is 112 Å². The molecule has 0 atom stereocenters. The maximum Gasteiger partial charge on any atom is 0.323 e. The molecule has 1 heterocycles. The van der Waals surface area contributed by atoms with Crippen LogP contribution >= 0.6 is 0 Å². The number of rotatable bonds is 5. The van der Waals surface area contributed by atoms with Gasteiger partial charge in [-0.05, 0) is 26.8 Å². The fourth-order valence-corrected chi connectivity index (χ4v) is 1.95. The molecule has 0 aliphatic rings. The van der Waals surface area contributed by atoms with Gasteiger partial charge in [-0.25, -0.2) is 0 Å². The van der Waals surface area contributed by atoms with Gasteiger partial charge in [0, 0.05) is 18.5 Å². The summed E-state index contributed by atoms with van der Waals surface area (Å²) in [4.78, 5) is 11.1. The Morgan fingerprint density at radius 3 is 2.74 bits per heavy atom. The minimum Gasteiger partial charge on any atom is -0.480 e. The molecule has 5 heteroatoms. The van der Waals surface area contributed by atoms with E-state index in [2.05, 4.69) is 10.4 Å². The molecular weight excluding hydrogens is 242 g/mol. The van der Waals surface area contributed by atoms with Crippen LogP contribution in [0.4, 0.5) is 0 Å². The molecule has 2 aromatic rings. The summed E-state index contributed by atoms with van der Waals surface area (Å²) in [5.41, 5.74) is 0.999. The second-order valence-electron chi connectivity index (χ2n) is 5.06. The van der Waals surface area contributed by atoms with Gasteiger partial charge in [0.05, 0.1) is 11.2 Å². The predicted molar refractivity (Wildman–Crippen MR) is 74.0 cm³/mol. The summed E-state index contributed by atoms with van der Waals surface area (Å²) < 4.78 is 1.93. The van der Waals surface area contributed by atoms with Crippen molar-refractivity contribution in [2.24, 2.45) is 0 Å². The number of fused-ring (bicyclic) bond motifs is 1. The monoisotopic (exact) mass is 261 g/mol. The molecule has 0 bridgehead atoms. The molecular formula is C14H19N3O2. The van der Waals surface area contributed by atoms with Gasteiger partial charge in [-0.1, -0.05) is 18.2 Å². The number of benzene rings is 1. The standard InChI is InChI=1S/C14H19N3O2/c1-4-17-12-8-6-5-7-10(12)11(16-17)9-15-14(2,3)13(18)19/h5-8,15H,4,9H2,1-3H3,(H,18,19). The van der Waals surface area contributed by atoms with Crippen molar-refractivity contribution in [3.05, 3.63) is 30.0 Å². The first-order valence-corrected chi connectivity index (χ1v) is 6.38. The maximum atomic E-state index is 11.1. The summed E-state index contributed by atoms with van der Waals surface area (Å²) >= 11 is 0. The largest absolute Gasteiger partial charge is 0.480 e. The van der Waals surface area contributed by atoms with E-state index in [1.54, 1.807) is 13.8 Å². The summed E-state index contributed by atoms with van der Waals surface area (Å²) in [6.45, 7) is 6.57. The van der Waals surface area contributed by atoms with E-state index in [9.17, 15) is 4.79 Å².